The van der Waals surface area contributed by atoms with Crippen LogP contribution < -0.4 is 21.3 Å². The number of Topliss-reactive ketones (excluding diaryl/α,β-unsaturated/α-hetero) is 2. The number of carbonyl (C=O) groups is 4. The van der Waals surface area contributed by atoms with Crippen LogP contribution in [-0.2, 0) is 11.2 Å². The van der Waals surface area contributed by atoms with Gasteiger partial charge in [-0.3, -0.25) is 24.7 Å². The normalized spacial score (nSPS) is 20.7. The van der Waals surface area contributed by atoms with Gasteiger partial charge in [0.05, 0.1) is 11.5 Å². The number of rotatable bonds is 7. The van der Waals surface area contributed by atoms with E-state index in [4.69, 9.17) is 4.99 Å². The maximum atomic E-state index is 14.2. The van der Waals surface area contributed by atoms with Crippen LogP contribution in [0, 0.1) is 5.92 Å². The second-order valence-corrected chi connectivity index (χ2v) is 10.2. The molecule has 196 valence electrons. The number of nitrogens with one attached hydrogen (secondary N) is 4. The summed E-state index contributed by atoms with van der Waals surface area (Å²) in [5.74, 6) is -1.19. The molecule has 0 aromatic carbocycles. The Morgan fingerprint density at radius 3 is 2.84 bits per heavy atom. The monoisotopic (exact) mass is 533 g/mol. The molecule has 3 amide bonds. The number of ketones is 2. The molecule has 38 heavy (non-hydrogen) atoms. The Hall–Kier alpha value is -4.03. The van der Waals surface area contributed by atoms with Crippen LogP contribution in [0.2, 0.25) is 0 Å². The first-order valence-corrected chi connectivity index (χ1v) is 13.2. The zero-order valence-electron chi connectivity index (χ0n) is 21.0. The number of anilines is 1. The molecule has 1 saturated heterocycles. The second-order valence-electron chi connectivity index (χ2n) is 9.20. The maximum Gasteiger partial charge on any atom is 0.319 e. The molecule has 3 aromatic heterocycles. The Morgan fingerprint density at radius 1 is 1.21 bits per heavy atom. The van der Waals surface area contributed by atoms with Gasteiger partial charge in [-0.1, -0.05) is 17.4 Å². The van der Waals surface area contributed by atoms with E-state index in [1.54, 1.807) is 43.5 Å². The van der Waals surface area contributed by atoms with E-state index in [0.717, 1.165) is 0 Å². The van der Waals surface area contributed by atoms with Gasteiger partial charge in [-0.05, 0) is 44.2 Å². The highest BCUT2D eigenvalue weighted by atomic mass is 32.1. The Labute approximate surface area is 222 Å². The minimum absolute atomic E-state index is 0.153. The molecule has 3 aromatic rings. The van der Waals surface area contributed by atoms with Crippen LogP contribution in [0.1, 0.15) is 46.8 Å². The van der Waals surface area contributed by atoms with Gasteiger partial charge in [0.1, 0.15) is 21.4 Å². The third-order valence-electron chi connectivity index (χ3n) is 6.70. The molecule has 4 N–H and O–H groups in total. The van der Waals surface area contributed by atoms with Crippen molar-refractivity contribution in [3.8, 4) is 0 Å². The Morgan fingerprint density at radius 2 is 2.05 bits per heavy atom. The number of aromatic nitrogens is 2. The van der Waals surface area contributed by atoms with Crippen LogP contribution in [0.3, 0.4) is 0 Å². The highest BCUT2D eigenvalue weighted by Crippen LogP contribution is 2.41. The van der Waals surface area contributed by atoms with Gasteiger partial charge in [0.15, 0.2) is 17.1 Å². The fraction of sp³-hybridized carbons (Fsp3) is 0.346. The lowest BCUT2D eigenvalue weighted by atomic mass is 9.74. The lowest BCUT2D eigenvalue weighted by Crippen LogP contribution is -2.57. The number of urea groups is 1. The fourth-order valence-electron chi connectivity index (χ4n) is 4.92. The predicted molar refractivity (Wildman–Crippen MR) is 144 cm³/mol. The quantitative estimate of drug-likeness (QED) is 0.340. The third-order valence-corrected chi connectivity index (χ3v) is 7.73. The van der Waals surface area contributed by atoms with E-state index < -0.39 is 17.5 Å². The molecule has 0 radical (unpaired) electrons. The number of fused-ring (bicyclic) bond motifs is 1. The van der Waals surface area contributed by atoms with Crippen molar-refractivity contribution < 1.29 is 19.2 Å². The molecule has 2 aliphatic heterocycles. The van der Waals surface area contributed by atoms with Crippen LogP contribution >= 0.6 is 11.3 Å². The number of carbonyl (C=O) groups excluding carboxylic acids is 4. The molecule has 2 aliphatic rings. The molecule has 5 heterocycles. The number of piperidine rings is 1. The van der Waals surface area contributed by atoms with Crippen molar-refractivity contribution in [1.29, 1.82) is 0 Å². The summed E-state index contributed by atoms with van der Waals surface area (Å²) in [4.78, 5) is 65.9. The molecule has 0 bridgehead atoms. The number of hydrogen-bond acceptors (Lipinski definition) is 9. The highest BCUT2D eigenvalue weighted by Gasteiger charge is 2.54. The van der Waals surface area contributed by atoms with Crippen molar-refractivity contribution in [2.45, 2.75) is 32.2 Å². The van der Waals surface area contributed by atoms with E-state index in [9.17, 15) is 19.2 Å². The topological polar surface area (TPSA) is 155 Å². The summed E-state index contributed by atoms with van der Waals surface area (Å²) in [7, 11) is 0. The summed E-state index contributed by atoms with van der Waals surface area (Å²) in [5.41, 5.74) is -0.0456. The van der Waals surface area contributed by atoms with Gasteiger partial charge >= 0.3 is 6.03 Å². The lowest BCUT2D eigenvalue weighted by molar-refractivity contribution is -0.125. The average molecular weight is 534 g/mol. The molecule has 0 aliphatic carbocycles. The summed E-state index contributed by atoms with van der Waals surface area (Å²) in [6.07, 6.45) is 2.18. The average Bonchev–Trinajstić information content (AvgIpc) is 3.40. The minimum atomic E-state index is -1.30. The molecule has 1 fully saturated rings. The Balaban J connectivity index is 1.51. The van der Waals surface area contributed by atoms with E-state index >= 15 is 0 Å². The number of nitrogens with zero attached hydrogens (tertiary/aromatic N) is 3. The van der Waals surface area contributed by atoms with Gasteiger partial charge in [-0.15, -0.1) is 0 Å². The van der Waals surface area contributed by atoms with E-state index in [-0.39, 0.29) is 30.4 Å². The second kappa shape index (κ2) is 10.4. The number of thiophene rings is 1. The van der Waals surface area contributed by atoms with Crippen LogP contribution in [0.5, 0.6) is 0 Å². The Bertz CT molecular complexity index is 1480. The molecular formula is C26H27N7O4S. The largest absolute Gasteiger partial charge is 0.338 e. The van der Waals surface area contributed by atoms with E-state index in [1.165, 1.54) is 18.3 Å². The van der Waals surface area contributed by atoms with Gasteiger partial charge in [-0.25, -0.2) is 14.8 Å². The molecule has 2 unspecified atom stereocenters. The highest BCUT2D eigenvalue weighted by molar-refractivity contribution is 7.23. The zero-order chi connectivity index (χ0) is 26.9. The van der Waals surface area contributed by atoms with Gasteiger partial charge in [0.2, 0.25) is 0 Å². The molecule has 1 spiro atoms. The summed E-state index contributed by atoms with van der Waals surface area (Å²) < 4.78 is 0. The molecule has 2 atom stereocenters. The van der Waals surface area contributed by atoms with Crippen LogP contribution in [0.15, 0.2) is 41.5 Å². The number of hydrogen-bond donors (Lipinski definition) is 4. The summed E-state index contributed by atoms with van der Waals surface area (Å²) in [5, 5.41) is 12.5. The smallest absolute Gasteiger partial charge is 0.319 e. The first kappa shape index (κ1) is 25.6. The van der Waals surface area contributed by atoms with Gasteiger partial charge in [-0.2, -0.15) is 0 Å². The standard InChI is InChI=1S/C26H27N7O4S/c1-3-28-25(37)32-23-20(16-7-5-10-29-22(16)38-23)21(35)17-13-27-11-9-26(17)24(36)31-19(33-26)12-15-6-4-8-18(30-15)14(2)34/h4-8,10,17,27H,3,9,11-13H2,1-2H3,(H2,28,32,37)(H,31,33,36). The summed E-state index contributed by atoms with van der Waals surface area (Å²) in [6, 6.07) is 8.23. The lowest BCUT2D eigenvalue weighted by Gasteiger charge is -2.36. The maximum absolute atomic E-state index is 14.2. The van der Waals surface area contributed by atoms with Crippen molar-refractivity contribution in [3.63, 3.8) is 0 Å². The Kier molecular flexibility index (Phi) is 7.00. The van der Waals surface area contributed by atoms with E-state index in [0.29, 0.717) is 57.5 Å². The summed E-state index contributed by atoms with van der Waals surface area (Å²) >= 11 is 1.21. The first-order valence-electron chi connectivity index (χ1n) is 12.4. The van der Waals surface area contributed by atoms with Gasteiger partial charge in [0.25, 0.3) is 5.91 Å². The fourth-order valence-corrected chi connectivity index (χ4v) is 5.96. The van der Waals surface area contributed by atoms with Crippen molar-refractivity contribution in [2.75, 3.05) is 25.0 Å². The number of pyridine rings is 2. The van der Waals surface area contributed by atoms with Crippen molar-refractivity contribution in [3.05, 3.63) is 53.5 Å². The van der Waals surface area contributed by atoms with Gasteiger partial charge in [0, 0.05) is 43.7 Å². The molecule has 11 nitrogen and oxygen atoms in total. The SMILES string of the molecule is CCNC(=O)Nc1sc2ncccc2c1C(=O)C1CNCCC12N=C(Cc1cccc(C(C)=O)n1)NC2=O. The van der Waals surface area contributed by atoms with Crippen LogP contribution in [-0.4, -0.2) is 64.5 Å². The van der Waals surface area contributed by atoms with Gasteiger partial charge < -0.3 is 16.0 Å². The first-order chi connectivity index (χ1) is 18.3. The van der Waals surface area contributed by atoms with Crippen molar-refractivity contribution in [1.82, 2.24) is 25.9 Å². The zero-order valence-corrected chi connectivity index (χ0v) is 21.8. The van der Waals surface area contributed by atoms with Crippen LogP contribution in [0.4, 0.5) is 9.80 Å². The van der Waals surface area contributed by atoms with Crippen molar-refractivity contribution >= 4 is 55.9 Å². The number of amidine groups is 1. The van der Waals surface area contributed by atoms with E-state index in [1.807, 2.05) is 0 Å². The van der Waals surface area contributed by atoms with E-state index in [2.05, 4.69) is 31.2 Å². The number of aliphatic imine (C=N–C) groups is 1. The van der Waals surface area contributed by atoms with Crippen molar-refractivity contribution in [2.24, 2.45) is 10.9 Å². The predicted octanol–water partition coefficient (Wildman–Crippen LogP) is 2.34. The molecule has 12 heteroatoms. The van der Waals surface area contributed by atoms with Crippen LogP contribution in [0.25, 0.3) is 10.2 Å². The molecular weight excluding hydrogens is 506 g/mol. The number of amides is 3. The molecule has 0 saturated carbocycles. The minimum Gasteiger partial charge on any atom is -0.338 e. The molecule has 5 rings (SSSR count). The third kappa shape index (κ3) is 4.68. The summed E-state index contributed by atoms with van der Waals surface area (Å²) in [6.45, 7) is 4.44.